The first-order valence-electron chi connectivity index (χ1n) is 6.62. The Morgan fingerprint density at radius 3 is 2.68 bits per heavy atom. The number of benzene rings is 1. The molecule has 1 aromatic rings. The topological polar surface area (TPSA) is 75.4 Å². The zero-order valence-corrected chi connectivity index (χ0v) is 11.7. The van der Waals surface area contributed by atoms with Crippen molar-refractivity contribution >= 4 is 5.91 Å². The normalized spacial score (nSPS) is 23.8. The number of fused-ring (bicyclic) bond motifs is 1. The zero-order chi connectivity index (χ0) is 14.2. The first-order chi connectivity index (χ1) is 8.80. The molecule has 0 aromatic heterocycles. The van der Waals surface area contributed by atoms with Gasteiger partial charge in [-0.25, -0.2) is 0 Å². The van der Waals surface area contributed by atoms with E-state index in [1.165, 1.54) is 0 Å². The van der Waals surface area contributed by atoms with E-state index in [2.05, 4.69) is 5.32 Å². The van der Waals surface area contributed by atoms with Crippen LogP contribution in [0.1, 0.15) is 37.9 Å². The Kier molecular flexibility index (Phi) is 3.65. The summed E-state index contributed by atoms with van der Waals surface area (Å²) in [6.45, 7) is 5.78. The molecule has 0 heterocycles. The van der Waals surface area contributed by atoms with E-state index < -0.39 is 12.1 Å². The summed E-state index contributed by atoms with van der Waals surface area (Å²) < 4.78 is 0. The molecular weight excluding hydrogens is 240 g/mol. The molecule has 0 saturated heterocycles. The van der Waals surface area contributed by atoms with Crippen molar-refractivity contribution in [1.29, 1.82) is 0 Å². The van der Waals surface area contributed by atoms with Gasteiger partial charge in [-0.1, -0.05) is 45.0 Å². The maximum absolute atomic E-state index is 12.2. The van der Waals surface area contributed by atoms with E-state index in [0.29, 0.717) is 6.42 Å². The van der Waals surface area contributed by atoms with Gasteiger partial charge in [-0.3, -0.25) is 4.79 Å². The second kappa shape index (κ2) is 4.94. The fraction of sp³-hybridized carbons (Fsp3) is 0.533. The number of amides is 1. The van der Waals surface area contributed by atoms with Crippen LogP contribution >= 0.6 is 0 Å². The molecule has 0 fully saturated rings. The van der Waals surface area contributed by atoms with Crippen LogP contribution in [0.3, 0.4) is 0 Å². The lowest BCUT2D eigenvalue weighted by atomic mass is 9.86. The second-order valence-electron chi connectivity index (χ2n) is 6.30. The molecule has 0 unspecified atom stereocenters. The SMILES string of the molecule is CC(C)(C)[C@H](N)C(=O)N[C@@H]1c2ccccc2C[C@@H]1O. The third kappa shape index (κ3) is 2.80. The van der Waals surface area contributed by atoms with Crippen molar-refractivity contribution in [3.63, 3.8) is 0 Å². The molecule has 1 aliphatic carbocycles. The van der Waals surface area contributed by atoms with Crippen molar-refractivity contribution in [2.45, 2.75) is 45.4 Å². The first-order valence-corrected chi connectivity index (χ1v) is 6.62. The Balaban J connectivity index is 2.14. The Hall–Kier alpha value is -1.39. The van der Waals surface area contributed by atoms with Crippen LogP contribution in [0, 0.1) is 5.41 Å². The minimum atomic E-state index is -0.590. The van der Waals surface area contributed by atoms with Crippen LogP contribution in [-0.2, 0) is 11.2 Å². The molecule has 3 atom stereocenters. The van der Waals surface area contributed by atoms with Gasteiger partial charge in [-0.15, -0.1) is 0 Å². The molecule has 104 valence electrons. The predicted octanol–water partition coefficient (Wildman–Crippen LogP) is 1.13. The molecule has 0 aliphatic heterocycles. The van der Waals surface area contributed by atoms with Crippen LogP contribution in [0.2, 0.25) is 0 Å². The number of rotatable bonds is 2. The highest BCUT2D eigenvalue weighted by atomic mass is 16.3. The lowest BCUT2D eigenvalue weighted by Crippen LogP contribution is -2.50. The maximum atomic E-state index is 12.2. The smallest absolute Gasteiger partial charge is 0.238 e. The number of aliphatic hydroxyl groups excluding tert-OH is 1. The van der Waals surface area contributed by atoms with E-state index in [-0.39, 0.29) is 17.4 Å². The van der Waals surface area contributed by atoms with Crippen LogP contribution in [0.5, 0.6) is 0 Å². The van der Waals surface area contributed by atoms with Gasteiger partial charge in [0.05, 0.1) is 18.2 Å². The number of aliphatic hydroxyl groups is 1. The highest BCUT2D eigenvalue weighted by Gasteiger charge is 2.35. The van der Waals surface area contributed by atoms with Crippen molar-refractivity contribution in [3.8, 4) is 0 Å². The minimum absolute atomic E-state index is 0.215. The standard InChI is InChI=1S/C15H22N2O2/c1-15(2,3)13(16)14(19)17-12-10-7-5-4-6-9(10)8-11(12)18/h4-7,11-13,18H,8,16H2,1-3H3,(H,17,19)/t11-,12+,13+/m0/s1. The Morgan fingerprint density at radius 2 is 2.05 bits per heavy atom. The van der Waals surface area contributed by atoms with Gasteiger partial charge >= 0.3 is 0 Å². The van der Waals surface area contributed by atoms with Crippen LogP contribution in [0.25, 0.3) is 0 Å². The number of carbonyl (C=O) groups is 1. The molecule has 4 nitrogen and oxygen atoms in total. The highest BCUT2D eigenvalue weighted by Crippen LogP contribution is 2.31. The van der Waals surface area contributed by atoms with Gasteiger partial charge < -0.3 is 16.2 Å². The second-order valence-corrected chi connectivity index (χ2v) is 6.30. The third-order valence-corrected chi connectivity index (χ3v) is 3.72. The molecule has 4 N–H and O–H groups in total. The lowest BCUT2D eigenvalue weighted by molar-refractivity contribution is -0.126. The molecule has 0 saturated carbocycles. The number of nitrogens with two attached hydrogens (primary N) is 1. The fourth-order valence-electron chi connectivity index (χ4n) is 2.38. The van der Waals surface area contributed by atoms with Gasteiger partial charge in [0.1, 0.15) is 0 Å². The van der Waals surface area contributed by atoms with Crippen molar-refractivity contribution in [1.82, 2.24) is 5.32 Å². The molecule has 0 radical (unpaired) electrons. The molecule has 0 bridgehead atoms. The first kappa shape index (κ1) is 14.0. The van der Waals surface area contributed by atoms with Gasteiger partial charge in [0.25, 0.3) is 0 Å². The van der Waals surface area contributed by atoms with E-state index in [4.69, 9.17) is 5.73 Å². The van der Waals surface area contributed by atoms with Gasteiger partial charge in [0.15, 0.2) is 0 Å². The molecule has 4 heteroatoms. The highest BCUT2D eigenvalue weighted by molar-refractivity contribution is 5.83. The van der Waals surface area contributed by atoms with Crippen molar-refractivity contribution in [3.05, 3.63) is 35.4 Å². The molecule has 1 aromatic carbocycles. The summed E-state index contributed by atoms with van der Waals surface area (Å²) in [5.74, 6) is -0.215. The van der Waals surface area contributed by atoms with Crippen molar-refractivity contribution in [2.24, 2.45) is 11.1 Å². The lowest BCUT2D eigenvalue weighted by Gasteiger charge is -2.28. The molecule has 0 spiro atoms. The quantitative estimate of drug-likeness (QED) is 0.748. The Labute approximate surface area is 114 Å². The molecular formula is C15H22N2O2. The summed E-state index contributed by atoms with van der Waals surface area (Å²) in [7, 11) is 0. The summed E-state index contributed by atoms with van der Waals surface area (Å²) in [5, 5.41) is 13.0. The van der Waals surface area contributed by atoms with Crippen LogP contribution in [0.4, 0.5) is 0 Å². The Bertz CT molecular complexity index is 479. The third-order valence-electron chi connectivity index (χ3n) is 3.72. The minimum Gasteiger partial charge on any atom is -0.390 e. The number of hydrogen-bond acceptors (Lipinski definition) is 3. The van der Waals surface area contributed by atoms with E-state index in [1.54, 1.807) is 0 Å². The molecule has 1 aliphatic rings. The van der Waals surface area contributed by atoms with Crippen molar-refractivity contribution < 1.29 is 9.90 Å². The number of nitrogens with one attached hydrogen (secondary N) is 1. The average molecular weight is 262 g/mol. The van der Waals surface area contributed by atoms with Crippen LogP contribution in [-0.4, -0.2) is 23.2 Å². The summed E-state index contributed by atoms with van der Waals surface area (Å²) >= 11 is 0. The van der Waals surface area contributed by atoms with Crippen LogP contribution < -0.4 is 11.1 Å². The fourth-order valence-corrected chi connectivity index (χ4v) is 2.38. The summed E-state index contributed by atoms with van der Waals surface area (Å²) in [6, 6.07) is 6.84. The largest absolute Gasteiger partial charge is 0.390 e. The molecule has 1 amide bonds. The van der Waals surface area contributed by atoms with Gasteiger partial charge in [-0.05, 0) is 16.5 Å². The van der Waals surface area contributed by atoms with E-state index in [1.807, 2.05) is 45.0 Å². The van der Waals surface area contributed by atoms with E-state index >= 15 is 0 Å². The maximum Gasteiger partial charge on any atom is 0.238 e. The summed E-state index contributed by atoms with van der Waals surface area (Å²) in [4.78, 5) is 12.2. The van der Waals surface area contributed by atoms with Gasteiger partial charge in [0.2, 0.25) is 5.91 Å². The zero-order valence-electron chi connectivity index (χ0n) is 11.7. The number of carbonyl (C=O) groups excluding carboxylic acids is 1. The summed E-state index contributed by atoms with van der Waals surface area (Å²) in [5.41, 5.74) is 7.72. The average Bonchev–Trinajstić information content (AvgIpc) is 2.64. The van der Waals surface area contributed by atoms with Gasteiger partial charge in [-0.2, -0.15) is 0 Å². The van der Waals surface area contributed by atoms with Crippen molar-refractivity contribution in [2.75, 3.05) is 0 Å². The molecule has 19 heavy (non-hydrogen) atoms. The Morgan fingerprint density at radius 1 is 1.42 bits per heavy atom. The predicted molar refractivity (Wildman–Crippen MR) is 74.5 cm³/mol. The molecule has 2 rings (SSSR count). The van der Waals surface area contributed by atoms with Gasteiger partial charge in [0, 0.05) is 6.42 Å². The van der Waals surface area contributed by atoms with E-state index in [0.717, 1.165) is 11.1 Å². The monoisotopic (exact) mass is 262 g/mol. The summed E-state index contributed by atoms with van der Waals surface area (Å²) in [6.07, 6.45) is -0.000172. The number of hydrogen-bond donors (Lipinski definition) is 3. The van der Waals surface area contributed by atoms with Crippen LogP contribution in [0.15, 0.2) is 24.3 Å². The van der Waals surface area contributed by atoms with E-state index in [9.17, 15) is 9.90 Å².